The van der Waals surface area contributed by atoms with Gasteiger partial charge in [-0.05, 0) is 56.1 Å². The van der Waals surface area contributed by atoms with Crippen LogP contribution >= 0.6 is 0 Å². The lowest BCUT2D eigenvalue weighted by Crippen LogP contribution is -2.27. The van der Waals surface area contributed by atoms with E-state index < -0.39 is 0 Å². The second-order valence-corrected chi connectivity index (χ2v) is 9.10. The Balaban J connectivity index is 1.38. The van der Waals surface area contributed by atoms with Crippen molar-refractivity contribution in [2.24, 2.45) is 0 Å². The van der Waals surface area contributed by atoms with Gasteiger partial charge >= 0.3 is 0 Å². The first-order chi connectivity index (χ1) is 18.0. The normalized spacial score (nSPS) is 11.4. The molecule has 0 aliphatic heterocycles. The number of benzene rings is 1. The first-order valence-electron chi connectivity index (χ1n) is 11.8. The molecule has 1 amide bonds. The van der Waals surface area contributed by atoms with Gasteiger partial charge < -0.3 is 15.2 Å². The topological polar surface area (TPSA) is 115 Å². The van der Waals surface area contributed by atoms with Gasteiger partial charge in [-0.3, -0.25) is 19.9 Å². The molecule has 9 nitrogen and oxygen atoms in total. The van der Waals surface area contributed by atoms with E-state index in [0.29, 0.717) is 12.2 Å². The summed E-state index contributed by atoms with van der Waals surface area (Å²) in [5.74, 6) is -0.103. The fourth-order valence-electron chi connectivity index (χ4n) is 4.44. The highest BCUT2D eigenvalue weighted by Crippen LogP contribution is 2.34. The molecule has 9 heteroatoms. The van der Waals surface area contributed by atoms with E-state index in [2.05, 4.69) is 48.7 Å². The van der Waals surface area contributed by atoms with Gasteiger partial charge in [-0.15, -0.1) is 0 Å². The zero-order chi connectivity index (χ0) is 25.4. The molecular formula is C28H24N8O. The summed E-state index contributed by atoms with van der Waals surface area (Å²) in [6, 6.07) is 18.0. The number of hydrogen-bond donors (Lipinski definition) is 3. The van der Waals surface area contributed by atoms with E-state index in [4.69, 9.17) is 4.98 Å². The third kappa shape index (κ3) is 4.43. The van der Waals surface area contributed by atoms with E-state index in [1.54, 1.807) is 18.6 Å². The summed E-state index contributed by atoms with van der Waals surface area (Å²) in [6.07, 6.45) is 7.00. The number of fused-ring (bicyclic) bond motifs is 2. The molecule has 3 N–H and O–H groups in total. The molecule has 0 atom stereocenters. The van der Waals surface area contributed by atoms with Crippen molar-refractivity contribution in [1.29, 1.82) is 0 Å². The molecule has 0 fully saturated rings. The van der Waals surface area contributed by atoms with E-state index in [-0.39, 0.29) is 5.91 Å². The van der Waals surface area contributed by atoms with Crippen molar-refractivity contribution >= 4 is 33.5 Å². The van der Waals surface area contributed by atoms with Crippen molar-refractivity contribution in [3.63, 3.8) is 0 Å². The number of aromatic amines is 2. The molecule has 0 bridgehead atoms. The Labute approximate surface area is 212 Å². The number of anilines is 1. The molecule has 0 radical (unpaired) electrons. The maximum absolute atomic E-state index is 12.2. The molecule has 0 spiro atoms. The minimum absolute atomic E-state index is 0.103. The van der Waals surface area contributed by atoms with E-state index in [1.807, 2.05) is 61.6 Å². The zero-order valence-corrected chi connectivity index (χ0v) is 20.4. The van der Waals surface area contributed by atoms with Crippen molar-refractivity contribution in [3.05, 3.63) is 79.4 Å². The smallest absolute Gasteiger partial charge is 0.238 e. The molecule has 6 rings (SSSR count). The maximum atomic E-state index is 12.2. The number of pyridine rings is 3. The van der Waals surface area contributed by atoms with Crippen LogP contribution in [-0.2, 0) is 4.79 Å². The van der Waals surface area contributed by atoms with Crippen molar-refractivity contribution in [2.45, 2.75) is 0 Å². The molecule has 0 saturated carbocycles. The van der Waals surface area contributed by atoms with Crippen LogP contribution < -0.4 is 5.32 Å². The fourth-order valence-corrected chi connectivity index (χ4v) is 4.44. The van der Waals surface area contributed by atoms with Gasteiger partial charge in [0.05, 0.1) is 35.3 Å². The summed E-state index contributed by atoms with van der Waals surface area (Å²) in [5, 5.41) is 11.6. The van der Waals surface area contributed by atoms with Crippen LogP contribution in [-0.4, -0.2) is 61.6 Å². The summed E-state index contributed by atoms with van der Waals surface area (Å²) >= 11 is 0. The van der Waals surface area contributed by atoms with Gasteiger partial charge in [0.1, 0.15) is 11.2 Å². The van der Waals surface area contributed by atoms with Crippen LogP contribution in [0.5, 0.6) is 0 Å². The van der Waals surface area contributed by atoms with Crippen molar-refractivity contribution in [2.75, 3.05) is 26.0 Å². The Kier molecular flexibility index (Phi) is 5.66. The first-order valence-corrected chi connectivity index (χ1v) is 11.8. The summed E-state index contributed by atoms with van der Waals surface area (Å²) in [6.45, 7) is 0.291. The third-order valence-corrected chi connectivity index (χ3v) is 6.08. The third-order valence-electron chi connectivity index (χ3n) is 6.08. The van der Waals surface area contributed by atoms with Crippen LogP contribution in [0.3, 0.4) is 0 Å². The second-order valence-electron chi connectivity index (χ2n) is 9.10. The highest BCUT2D eigenvalue weighted by molar-refractivity contribution is 6.00. The quantitative estimate of drug-likeness (QED) is 0.312. The summed E-state index contributed by atoms with van der Waals surface area (Å²) in [5.41, 5.74) is 8.48. The average molecular weight is 489 g/mol. The molecule has 1 aromatic carbocycles. The molecule has 37 heavy (non-hydrogen) atoms. The van der Waals surface area contributed by atoms with Crippen LogP contribution in [0.15, 0.2) is 79.4 Å². The Hall–Kier alpha value is -4.89. The van der Waals surface area contributed by atoms with Gasteiger partial charge in [-0.1, -0.05) is 18.2 Å². The molecule has 0 aliphatic rings. The lowest BCUT2D eigenvalue weighted by Gasteiger charge is -2.10. The number of rotatable bonds is 6. The van der Waals surface area contributed by atoms with Gasteiger partial charge in [0.15, 0.2) is 0 Å². The number of hydrogen-bond acceptors (Lipinski definition) is 6. The minimum atomic E-state index is -0.103. The lowest BCUT2D eigenvalue weighted by atomic mass is 10.0. The predicted octanol–water partition coefficient (Wildman–Crippen LogP) is 4.73. The Morgan fingerprint density at radius 3 is 2.68 bits per heavy atom. The predicted molar refractivity (Wildman–Crippen MR) is 145 cm³/mol. The lowest BCUT2D eigenvalue weighted by molar-refractivity contribution is -0.116. The molecule has 0 unspecified atom stereocenters. The number of H-pyrrole nitrogens is 2. The number of nitrogens with zero attached hydrogens (tertiary/aromatic N) is 5. The van der Waals surface area contributed by atoms with Crippen molar-refractivity contribution in [1.82, 2.24) is 35.0 Å². The van der Waals surface area contributed by atoms with Crippen LogP contribution in [0.25, 0.3) is 55.7 Å². The highest BCUT2D eigenvalue weighted by Gasteiger charge is 2.16. The molecule has 5 heterocycles. The minimum Gasteiger partial charge on any atom is -0.353 e. The molecule has 5 aromatic heterocycles. The largest absolute Gasteiger partial charge is 0.353 e. The maximum Gasteiger partial charge on any atom is 0.238 e. The van der Waals surface area contributed by atoms with Gasteiger partial charge in [-0.25, -0.2) is 4.98 Å². The standard InChI is InChI=1S/C28H24N8O/c1-36(2)16-26(37)31-19-11-18(14-30-15-19)22-8-9-24-27(33-22)28(35-34-24)25-12-21-20(6-3-7-23(21)32-25)17-5-4-10-29-13-17/h3-15,32H,16H2,1-2H3,(H,31,37)(H,34,35). The molecule has 182 valence electrons. The van der Waals surface area contributed by atoms with Crippen LogP contribution in [0.4, 0.5) is 5.69 Å². The summed E-state index contributed by atoms with van der Waals surface area (Å²) in [7, 11) is 3.70. The Morgan fingerprint density at radius 1 is 0.946 bits per heavy atom. The Morgan fingerprint density at radius 2 is 1.84 bits per heavy atom. The van der Waals surface area contributed by atoms with E-state index in [0.717, 1.165) is 55.7 Å². The van der Waals surface area contributed by atoms with Gasteiger partial charge in [0, 0.05) is 40.6 Å². The number of likely N-dealkylation sites (N-methyl/N-ethyl adjacent to an activating group) is 1. The zero-order valence-electron chi connectivity index (χ0n) is 20.4. The summed E-state index contributed by atoms with van der Waals surface area (Å²) < 4.78 is 0. The SMILES string of the molecule is CN(C)CC(=O)Nc1cncc(-c2ccc3[nH]nc(-c4cc5c(-c6cccnc6)cccc5[nH]4)c3n2)c1. The Bertz CT molecular complexity index is 1740. The number of amides is 1. The van der Waals surface area contributed by atoms with Crippen LogP contribution in [0.1, 0.15) is 0 Å². The molecule has 0 saturated heterocycles. The molecule has 6 aromatic rings. The van der Waals surface area contributed by atoms with Crippen LogP contribution in [0, 0.1) is 0 Å². The van der Waals surface area contributed by atoms with Crippen molar-refractivity contribution < 1.29 is 4.79 Å². The van der Waals surface area contributed by atoms with Crippen molar-refractivity contribution in [3.8, 4) is 33.8 Å². The number of carbonyl (C=O) groups excluding carboxylic acids is 1. The van der Waals surface area contributed by atoms with Crippen LogP contribution in [0.2, 0.25) is 0 Å². The highest BCUT2D eigenvalue weighted by atomic mass is 16.2. The second kappa shape index (κ2) is 9.29. The fraction of sp³-hybridized carbons (Fsp3) is 0.107. The monoisotopic (exact) mass is 488 g/mol. The van der Waals surface area contributed by atoms with Gasteiger partial charge in [0.25, 0.3) is 0 Å². The number of aromatic nitrogens is 6. The van der Waals surface area contributed by atoms with Gasteiger partial charge in [0.2, 0.25) is 5.91 Å². The summed E-state index contributed by atoms with van der Waals surface area (Å²) in [4.78, 5) is 31.0. The molecule has 0 aliphatic carbocycles. The van der Waals surface area contributed by atoms with E-state index >= 15 is 0 Å². The average Bonchev–Trinajstić information content (AvgIpc) is 3.52. The number of carbonyl (C=O) groups is 1. The van der Waals surface area contributed by atoms with Gasteiger partial charge in [-0.2, -0.15) is 5.10 Å². The van der Waals surface area contributed by atoms with E-state index in [9.17, 15) is 4.79 Å². The molecular weight excluding hydrogens is 464 g/mol. The number of nitrogens with one attached hydrogen (secondary N) is 3. The first kappa shape index (κ1) is 22.6. The van der Waals surface area contributed by atoms with E-state index in [1.165, 1.54) is 0 Å².